The average molecular weight is 326 g/mol. The standard InChI is InChI=1S/Ca.Mo.2H3O4P/c;;2*1-5(2,3)4/h;;2*(H3,1,2,3,4)/q+2;+4;;/p-6. The molecule has 66 valence electrons. The van der Waals surface area contributed by atoms with E-state index < -0.39 is 15.6 Å². The Balaban J connectivity index is -0.0000000457. The van der Waals surface area contributed by atoms with Crippen LogP contribution in [0.3, 0.4) is 0 Å². The van der Waals surface area contributed by atoms with Crippen LogP contribution in [0, 0.1) is 0 Å². The molecule has 0 bridgehead atoms. The van der Waals surface area contributed by atoms with Crippen LogP contribution < -0.4 is 29.4 Å². The van der Waals surface area contributed by atoms with Gasteiger partial charge in [-0.3, -0.25) is 0 Å². The molecule has 8 nitrogen and oxygen atoms in total. The summed E-state index contributed by atoms with van der Waals surface area (Å²) in [5, 5.41) is 0. The van der Waals surface area contributed by atoms with Gasteiger partial charge in [-0.25, -0.2) is 0 Å². The summed E-state index contributed by atoms with van der Waals surface area (Å²) >= 11 is 0. The maximum Gasteiger partial charge on any atom is 4.00 e. The molecule has 0 amide bonds. The van der Waals surface area contributed by atoms with E-state index in [0.717, 1.165) is 0 Å². The first kappa shape index (κ1) is 23.8. The minimum absolute atomic E-state index is 0. The Morgan fingerprint density at radius 3 is 0.667 bits per heavy atom. The zero-order valence-corrected chi connectivity index (χ0v) is 11.3. The molecule has 0 rings (SSSR count). The summed E-state index contributed by atoms with van der Waals surface area (Å²) < 4.78 is 17.1. The third-order valence-electron chi connectivity index (χ3n) is 0. The second-order valence-corrected chi connectivity index (χ2v) is 2.68. The van der Waals surface area contributed by atoms with Crippen molar-refractivity contribution in [3.05, 3.63) is 0 Å². The van der Waals surface area contributed by atoms with Crippen molar-refractivity contribution in [2.45, 2.75) is 0 Å². The summed E-state index contributed by atoms with van der Waals surface area (Å²) in [4.78, 5) is 51.3. The molecule has 0 aromatic rings. The van der Waals surface area contributed by atoms with Gasteiger partial charge in [0.2, 0.25) is 0 Å². The van der Waals surface area contributed by atoms with Gasteiger partial charge < -0.3 is 38.5 Å². The third kappa shape index (κ3) is 323. The molecule has 0 radical (unpaired) electrons. The predicted molar refractivity (Wildman–Crippen MR) is 21.0 cm³/mol. The van der Waals surface area contributed by atoms with Crippen LogP contribution in [0.25, 0.3) is 0 Å². The molecule has 0 atom stereocenters. The second kappa shape index (κ2) is 9.71. The number of hydrogen-bond donors (Lipinski definition) is 0. The van der Waals surface area contributed by atoms with Crippen molar-refractivity contribution in [1.82, 2.24) is 0 Å². The first-order chi connectivity index (χ1) is 4.00. The molecular formula is CaMoO8P2. The van der Waals surface area contributed by atoms with Crippen molar-refractivity contribution in [1.29, 1.82) is 0 Å². The SMILES string of the molecule is O=P([O-])([O-])[O-].O=P([O-])([O-])[O-].[Ca+2].[Mo+4]. The first-order valence-electron chi connectivity index (χ1n) is 1.46. The molecule has 0 fully saturated rings. The Kier molecular flexibility index (Phi) is 19.2. The maximum absolute atomic E-state index is 8.55. The molecule has 0 N–H and O–H groups in total. The van der Waals surface area contributed by atoms with Crippen molar-refractivity contribution < 1.29 is 59.6 Å². The summed E-state index contributed by atoms with van der Waals surface area (Å²) in [6, 6.07) is 0. The van der Waals surface area contributed by atoms with E-state index in [1.54, 1.807) is 0 Å². The van der Waals surface area contributed by atoms with Gasteiger partial charge in [0, 0.05) is 0 Å². The first-order valence-corrected chi connectivity index (χ1v) is 4.38. The molecule has 0 unspecified atom stereocenters. The predicted octanol–water partition coefficient (Wildman–Crippen LogP) is -6.03. The quantitative estimate of drug-likeness (QED) is 0.312. The zero-order chi connectivity index (χ0) is 9.00. The van der Waals surface area contributed by atoms with Gasteiger partial charge in [-0.2, -0.15) is 15.6 Å². The summed E-state index contributed by atoms with van der Waals surface area (Å²) in [6.07, 6.45) is 0. The van der Waals surface area contributed by atoms with Gasteiger partial charge >= 0.3 is 58.8 Å². The minimum atomic E-state index is -5.39. The van der Waals surface area contributed by atoms with Crippen molar-refractivity contribution in [3.8, 4) is 0 Å². The average Bonchev–Trinajstić information content (AvgIpc) is 1.12. The van der Waals surface area contributed by atoms with Gasteiger partial charge in [0.15, 0.2) is 0 Å². The van der Waals surface area contributed by atoms with Crippen molar-refractivity contribution in [2.75, 3.05) is 0 Å². The van der Waals surface area contributed by atoms with E-state index >= 15 is 0 Å². The molecular weight excluding hydrogens is 326 g/mol. The summed E-state index contributed by atoms with van der Waals surface area (Å²) in [5.41, 5.74) is 0. The number of phosphoric acid groups is 2. The Hall–Kier alpha value is 2.17. The van der Waals surface area contributed by atoms with E-state index in [9.17, 15) is 0 Å². The molecule has 12 heteroatoms. The van der Waals surface area contributed by atoms with Crippen LogP contribution in [0.1, 0.15) is 0 Å². The van der Waals surface area contributed by atoms with E-state index in [1.807, 2.05) is 0 Å². The smallest absolute Gasteiger partial charge is 0.822 e. The topological polar surface area (TPSA) is 172 Å². The molecule has 12 heavy (non-hydrogen) atoms. The fourth-order valence-corrected chi connectivity index (χ4v) is 0. The fraction of sp³-hybridized carbons (Fsp3) is 0. The molecule has 0 spiro atoms. The normalized spacial score (nSPS) is 9.83. The fourth-order valence-electron chi connectivity index (χ4n) is 0. The summed E-state index contributed by atoms with van der Waals surface area (Å²) in [7, 11) is -10.8. The van der Waals surface area contributed by atoms with E-state index in [-0.39, 0.29) is 58.8 Å². The van der Waals surface area contributed by atoms with Crippen LogP contribution >= 0.6 is 15.6 Å². The summed E-state index contributed by atoms with van der Waals surface area (Å²) in [5.74, 6) is 0. The van der Waals surface area contributed by atoms with Crippen molar-refractivity contribution in [3.63, 3.8) is 0 Å². The molecule has 0 aromatic heterocycles. The molecule has 0 heterocycles. The van der Waals surface area contributed by atoms with Crippen LogP contribution in [0.15, 0.2) is 0 Å². The van der Waals surface area contributed by atoms with Gasteiger partial charge in [0.05, 0.1) is 0 Å². The molecule has 0 aromatic carbocycles. The van der Waals surface area contributed by atoms with Gasteiger partial charge in [-0.05, 0) is 0 Å². The summed E-state index contributed by atoms with van der Waals surface area (Å²) in [6.45, 7) is 0. The molecule has 0 saturated heterocycles. The van der Waals surface area contributed by atoms with Crippen LogP contribution in [0.5, 0.6) is 0 Å². The van der Waals surface area contributed by atoms with Crippen LogP contribution in [-0.2, 0) is 30.2 Å². The molecule has 0 aliphatic rings. The van der Waals surface area contributed by atoms with Crippen LogP contribution in [0.2, 0.25) is 0 Å². The Morgan fingerprint density at radius 2 is 0.667 bits per heavy atom. The molecule has 0 aliphatic carbocycles. The van der Waals surface area contributed by atoms with Gasteiger partial charge in [0.1, 0.15) is 0 Å². The van der Waals surface area contributed by atoms with Crippen molar-refractivity contribution >= 4 is 53.4 Å². The van der Waals surface area contributed by atoms with Crippen LogP contribution in [0.4, 0.5) is 0 Å². The number of hydrogen-bond acceptors (Lipinski definition) is 8. The van der Waals surface area contributed by atoms with E-state index in [1.165, 1.54) is 0 Å². The monoisotopic (exact) mass is 328 g/mol. The maximum atomic E-state index is 8.55. The number of rotatable bonds is 0. The van der Waals surface area contributed by atoms with Gasteiger partial charge in [-0.1, -0.05) is 0 Å². The molecule has 0 saturated carbocycles. The van der Waals surface area contributed by atoms with Crippen molar-refractivity contribution in [2.24, 2.45) is 0 Å². The Bertz CT molecular complexity index is 129. The Labute approximate surface area is 112 Å². The zero-order valence-electron chi connectivity index (χ0n) is 5.28. The third-order valence-corrected chi connectivity index (χ3v) is 0. The van der Waals surface area contributed by atoms with Gasteiger partial charge in [-0.15, -0.1) is 0 Å². The Morgan fingerprint density at radius 1 is 0.667 bits per heavy atom. The van der Waals surface area contributed by atoms with E-state index in [4.69, 9.17) is 38.5 Å². The van der Waals surface area contributed by atoms with E-state index in [2.05, 4.69) is 0 Å². The minimum Gasteiger partial charge on any atom is -0.822 e. The largest absolute Gasteiger partial charge is 4.00 e. The van der Waals surface area contributed by atoms with Gasteiger partial charge in [0.25, 0.3) is 0 Å². The van der Waals surface area contributed by atoms with Crippen LogP contribution in [-0.4, -0.2) is 37.7 Å². The second-order valence-electron chi connectivity index (χ2n) is 0.894. The van der Waals surface area contributed by atoms with E-state index in [0.29, 0.717) is 0 Å². The molecule has 0 aliphatic heterocycles.